The molecular formula is C17H18O2S. The molecule has 0 aliphatic carbocycles. The zero-order valence-electron chi connectivity index (χ0n) is 11.9. The maximum atomic E-state index is 12.4. The second-order valence-corrected chi connectivity index (χ2v) is 5.63. The first-order valence-corrected chi connectivity index (χ1v) is 7.78. The molecule has 2 nitrogen and oxygen atoms in total. The van der Waals surface area contributed by atoms with Gasteiger partial charge < -0.3 is 4.74 Å². The fourth-order valence-corrected chi connectivity index (χ4v) is 2.30. The Morgan fingerprint density at radius 1 is 1.05 bits per heavy atom. The summed E-state index contributed by atoms with van der Waals surface area (Å²) in [6.07, 6.45) is 2.12. The standard InChI is InChI=1S/C17H18O2S/c1-12(2)19-15-6-4-5-14(11-15)17(18)13-7-9-16(20-3)10-8-13/h4-12H,1-3H3. The predicted molar refractivity (Wildman–Crippen MR) is 83.9 cm³/mol. The molecule has 0 amide bonds. The Morgan fingerprint density at radius 2 is 1.75 bits per heavy atom. The summed E-state index contributed by atoms with van der Waals surface area (Å²) in [5.41, 5.74) is 1.35. The number of thioether (sulfide) groups is 1. The van der Waals surface area contributed by atoms with Crippen molar-refractivity contribution < 1.29 is 9.53 Å². The maximum absolute atomic E-state index is 12.4. The summed E-state index contributed by atoms with van der Waals surface area (Å²) < 4.78 is 5.62. The summed E-state index contributed by atoms with van der Waals surface area (Å²) in [4.78, 5) is 13.6. The minimum absolute atomic E-state index is 0.0202. The predicted octanol–water partition coefficient (Wildman–Crippen LogP) is 4.43. The van der Waals surface area contributed by atoms with Gasteiger partial charge in [0.25, 0.3) is 0 Å². The Labute approximate surface area is 124 Å². The summed E-state index contributed by atoms with van der Waals surface area (Å²) in [5.74, 6) is 0.749. The van der Waals surface area contributed by atoms with Crippen molar-refractivity contribution in [2.24, 2.45) is 0 Å². The van der Waals surface area contributed by atoms with Crippen molar-refractivity contribution in [1.29, 1.82) is 0 Å². The van der Waals surface area contributed by atoms with E-state index in [1.165, 1.54) is 0 Å². The Balaban J connectivity index is 2.23. The number of rotatable bonds is 5. The highest BCUT2D eigenvalue weighted by molar-refractivity contribution is 7.98. The van der Waals surface area contributed by atoms with E-state index >= 15 is 0 Å². The quantitative estimate of drug-likeness (QED) is 0.601. The smallest absolute Gasteiger partial charge is 0.193 e. The molecule has 2 aromatic carbocycles. The number of carbonyl (C=O) groups is 1. The lowest BCUT2D eigenvalue weighted by atomic mass is 10.0. The fourth-order valence-electron chi connectivity index (χ4n) is 1.89. The third-order valence-corrected chi connectivity index (χ3v) is 3.56. The highest BCUT2D eigenvalue weighted by Gasteiger charge is 2.10. The van der Waals surface area contributed by atoms with Gasteiger partial charge in [-0.15, -0.1) is 11.8 Å². The van der Waals surface area contributed by atoms with Crippen LogP contribution in [0.3, 0.4) is 0 Å². The minimum atomic E-state index is 0.0202. The summed E-state index contributed by atoms with van der Waals surface area (Å²) in [6, 6.07) is 15.0. The molecule has 0 saturated carbocycles. The molecule has 104 valence electrons. The van der Waals surface area contributed by atoms with Crippen LogP contribution in [0.1, 0.15) is 29.8 Å². The molecule has 0 saturated heterocycles. The van der Waals surface area contributed by atoms with Crippen LogP contribution < -0.4 is 4.74 Å². The van der Waals surface area contributed by atoms with Gasteiger partial charge in [-0.05, 0) is 56.5 Å². The van der Waals surface area contributed by atoms with Gasteiger partial charge in [0.15, 0.2) is 5.78 Å². The molecule has 0 unspecified atom stereocenters. The van der Waals surface area contributed by atoms with Crippen LogP contribution in [0, 0.1) is 0 Å². The van der Waals surface area contributed by atoms with Gasteiger partial charge in [-0.1, -0.05) is 12.1 Å². The number of carbonyl (C=O) groups excluding carboxylic acids is 1. The number of hydrogen-bond donors (Lipinski definition) is 0. The van der Waals surface area contributed by atoms with E-state index in [0.29, 0.717) is 11.1 Å². The molecule has 0 aliphatic heterocycles. The van der Waals surface area contributed by atoms with Gasteiger partial charge >= 0.3 is 0 Å². The molecule has 20 heavy (non-hydrogen) atoms. The lowest BCUT2D eigenvalue weighted by Crippen LogP contribution is -2.07. The first-order chi connectivity index (χ1) is 9.60. The van der Waals surface area contributed by atoms with Crippen LogP contribution >= 0.6 is 11.8 Å². The maximum Gasteiger partial charge on any atom is 0.193 e. The zero-order valence-corrected chi connectivity index (χ0v) is 12.7. The highest BCUT2D eigenvalue weighted by Crippen LogP contribution is 2.20. The molecular weight excluding hydrogens is 268 g/mol. The van der Waals surface area contributed by atoms with Crippen LogP contribution in [0.5, 0.6) is 5.75 Å². The fraction of sp³-hybridized carbons (Fsp3) is 0.235. The van der Waals surface area contributed by atoms with E-state index in [4.69, 9.17) is 4.74 Å². The van der Waals surface area contributed by atoms with Crippen LogP contribution in [-0.2, 0) is 0 Å². The van der Waals surface area contributed by atoms with E-state index < -0.39 is 0 Å². The Kier molecular flexibility index (Phi) is 4.85. The Hall–Kier alpha value is -1.74. The van der Waals surface area contributed by atoms with Gasteiger partial charge in [0.05, 0.1) is 6.10 Å². The molecule has 0 aliphatic rings. The van der Waals surface area contributed by atoms with E-state index in [0.717, 1.165) is 10.6 Å². The summed E-state index contributed by atoms with van der Waals surface area (Å²) in [5, 5.41) is 0. The van der Waals surface area contributed by atoms with Gasteiger partial charge in [0, 0.05) is 16.0 Å². The molecule has 0 heterocycles. The highest BCUT2D eigenvalue weighted by atomic mass is 32.2. The molecule has 3 heteroatoms. The topological polar surface area (TPSA) is 26.3 Å². The van der Waals surface area contributed by atoms with Gasteiger partial charge in [0.1, 0.15) is 5.75 Å². The summed E-state index contributed by atoms with van der Waals surface area (Å²) >= 11 is 1.66. The van der Waals surface area contributed by atoms with Gasteiger partial charge in [0.2, 0.25) is 0 Å². The molecule has 0 fully saturated rings. The Bertz CT molecular complexity index is 588. The van der Waals surface area contributed by atoms with Crippen molar-refractivity contribution >= 4 is 17.5 Å². The van der Waals surface area contributed by atoms with Crippen LogP contribution in [0.25, 0.3) is 0 Å². The van der Waals surface area contributed by atoms with Crippen molar-refractivity contribution in [2.45, 2.75) is 24.8 Å². The summed E-state index contributed by atoms with van der Waals surface area (Å²) in [7, 11) is 0. The molecule has 0 radical (unpaired) electrons. The minimum Gasteiger partial charge on any atom is -0.491 e. The lowest BCUT2D eigenvalue weighted by molar-refractivity contribution is 0.103. The third-order valence-electron chi connectivity index (χ3n) is 2.82. The van der Waals surface area contributed by atoms with Crippen molar-refractivity contribution in [3.05, 3.63) is 59.7 Å². The van der Waals surface area contributed by atoms with E-state index in [2.05, 4.69) is 0 Å². The molecule has 2 rings (SSSR count). The molecule has 0 bridgehead atoms. The van der Waals surface area contributed by atoms with E-state index in [1.807, 2.05) is 62.6 Å². The van der Waals surface area contributed by atoms with Crippen molar-refractivity contribution in [3.63, 3.8) is 0 Å². The zero-order chi connectivity index (χ0) is 14.5. The Morgan fingerprint density at radius 3 is 2.35 bits per heavy atom. The molecule has 0 atom stereocenters. The monoisotopic (exact) mass is 286 g/mol. The number of hydrogen-bond acceptors (Lipinski definition) is 3. The molecule has 0 aromatic heterocycles. The SMILES string of the molecule is CSc1ccc(C(=O)c2cccc(OC(C)C)c2)cc1. The number of ketones is 1. The number of ether oxygens (including phenoxy) is 1. The van der Waals surface area contributed by atoms with Gasteiger partial charge in [-0.3, -0.25) is 4.79 Å². The molecule has 2 aromatic rings. The average molecular weight is 286 g/mol. The van der Waals surface area contributed by atoms with Gasteiger partial charge in [-0.2, -0.15) is 0 Å². The van der Waals surface area contributed by atoms with E-state index in [1.54, 1.807) is 17.8 Å². The summed E-state index contributed by atoms with van der Waals surface area (Å²) in [6.45, 7) is 3.94. The first-order valence-electron chi connectivity index (χ1n) is 6.55. The van der Waals surface area contributed by atoms with Crippen molar-refractivity contribution in [2.75, 3.05) is 6.26 Å². The van der Waals surface area contributed by atoms with E-state index in [9.17, 15) is 4.79 Å². The second-order valence-electron chi connectivity index (χ2n) is 4.75. The van der Waals surface area contributed by atoms with Crippen molar-refractivity contribution in [1.82, 2.24) is 0 Å². The van der Waals surface area contributed by atoms with Gasteiger partial charge in [-0.25, -0.2) is 0 Å². The lowest BCUT2D eigenvalue weighted by Gasteiger charge is -2.10. The largest absolute Gasteiger partial charge is 0.491 e. The number of benzene rings is 2. The van der Waals surface area contributed by atoms with Crippen LogP contribution in [-0.4, -0.2) is 18.1 Å². The molecule has 0 N–H and O–H groups in total. The van der Waals surface area contributed by atoms with Crippen LogP contribution in [0.15, 0.2) is 53.4 Å². The third kappa shape index (κ3) is 3.64. The van der Waals surface area contributed by atoms with Crippen LogP contribution in [0.2, 0.25) is 0 Å². The normalized spacial score (nSPS) is 10.6. The second kappa shape index (κ2) is 6.62. The average Bonchev–Trinajstić information content (AvgIpc) is 2.46. The van der Waals surface area contributed by atoms with Crippen LogP contribution in [0.4, 0.5) is 0 Å². The first kappa shape index (κ1) is 14.7. The molecule has 0 spiro atoms. The van der Waals surface area contributed by atoms with E-state index in [-0.39, 0.29) is 11.9 Å². The van der Waals surface area contributed by atoms with Crippen molar-refractivity contribution in [3.8, 4) is 5.75 Å².